The second kappa shape index (κ2) is 8.21. The molecule has 2 aromatic carbocycles. The number of amides is 1. The maximum Gasteiger partial charge on any atom is 0.416 e. The summed E-state index contributed by atoms with van der Waals surface area (Å²) in [6.45, 7) is 2.96. The van der Waals surface area contributed by atoms with E-state index in [1.807, 2.05) is 6.92 Å². The van der Waals surface area contributed by atoms with Gasteiger partial charge in [0.05, 0.1) is 17.6 Å². The summed E-state index contributed by atoms with van der Waals surface area (Å²) in [6.07, 6.45) is -4.66. The predicted molar refractivity (Wildman–Crippen MR) is 104 cm³/mol. The fraction of sp³-hybridized carbons (Fsp3) is 0.350. The molecule has 0 radical (unpaired) electrons. The molecule has 1 heterocycles. The van der Waals surface area contributed by atoms with Crippen molar-refractivity contribution in [2.75, 3.05) is 38.2 Å². The summed E-state index contributed by atoms with van der Waals surface area (Å²) in [6, 6.07) is 7.64. The van der Waals surface area contributed by atoms with Crippen molar-refractivity contribution >= 4 is 17.3 Å². The minimum atomic E-state index is -4.66. The van der Waals surface area contributed by atoms with Gasteiger partial charge in [-0.05, 0) is 36.8 Å². The number of rotatable bonds is 4. The Balaban J connectivity index is 1.75. The number of methoxy groups -OCH3 is 1. The monoisotopic (exact) mass is 423 g/mol. The third kappa shape index (κ3) is 4.32. The first-order valence-electron chi connectivity index (χ1n) is 9.16. The molecule has 0 aliphatic carbocycles. The van der Waals surface area contributed by atoms with Gasteiger partial charge in [0.1, 0.15) is 11.4 Å². The smallest absolute Gasteiger partial charge is 0.416 e. The first-order chi connectivity index (χ1) is 14.1. The molecule has 0 spiro atoms. The molecule has 1 fully saturated rings. The molecule has 30 heavy (non-hydrogen) atoms. The minimum absolute atomic E-state index is 0.108. The Morgan fingerprint density at radius 2 is 1.77 bits per heavy atom. The van der Waals surface area contributed by atoms with Gasteiger partial charge in [-0.25, -0.2) is 0 Å². The van der Waals surface area contributed by atoms with E-state index in [9.17, 15) is 28.1 Å². The van der Waals surface area contributed by atoms with Gasteiger partial charge in [0.2, 0.25) is 0 Å². The molecule has 10 heteroatoms. The molecule has 0 aromatic heterocycles. The summed E-state index contributed by atoms with van der Waals surface area (Å²) in [5.74, 6) is 0.398. The number of nitro benzene ring substituents is 1. The molecule has 3 rings (SSSR count). The van der Waals surface area contributed by atoms with Crippen LogP contribution in [-0.2, 0) is 6.18 Å². The Morgan fingerprint density at radius 3 is 2.33 bits per heavy atom. The maximum absolute atomic E-state index is 12.9. The van der Waals surface area contributed by atoms with E-state index in [0.717, 1.165) is 17.7 Å². The van der Waals surface area contributed by atoms with Gasteiger partial charge in [-0.15, -0.1) is 0 Å². The molecule has 0 unspecified atom stereocenters. The van der Waals surface area contributed by atoms with Crippen molar-refractivity contribution in [2.45, 2.75) is 13.1 Å². The molecule has 1 amide bonds. The third-order valence-corrected chi connectivity index (χ3v) is 5.06. The zero-order valence-electron chi connectivity index (χ0n) is 16.4. The zero-order chi connectivity index (χ0) is 22.1. The number of ether oxygens (including phenoxy) is 1. The van der Waals surface area contributed by atoms with Crippen LogP contribution in [0.3, 0.4) is 0 Å². The molecule has 1 saturated heterocycles. The number of anilines is 1. The number of benzene rings is 2. The zero-order valence-corrected chi connectivity index (χ0v) is 16.4. The van der Waals surface area contributed by atoms with E-state index in [1.54, 1.807) is 28.0 Å². The van der Waals surface area contributed by atoms with Crippen molar-refractivity contribution < 1.29 is 27.6 Å². The molecule has 1 aliphatic heterocycles. The molecule has 2 aromatic rings. The van der Waals surface area contributed by atoms with Crippen LogP contribution in [0.2, 0.25) is 0 Å². The number of hydrogen-bond acceptors (Lipinski definition) is 5. The summed E-state index contributed by atoms with van der Waals surface area (Å²) < 4.78 is 43.9. The lowest BCUT2D eigenvalue weighted by atomic mass is 10.1. The summed E-state index contributed by atoms with van der Waals surface area (Å²) >= 11 is 0. The average molecular weight is 423 g/mol. The van der Waals surface area contributed by atoms with Crippen molar-refractivity contribution in [3.63, 3.8) is 0 Å². The molecule has 0 bridgehead atoms. The first-order valence-corrected chi connectivity index (χ1v) is 9.16. The number of carbonyl (C=O) groups is 1. The summed E-state index contributed by atoms with van der Waals surface area (Å²) in [5, 5.41) is 11.3. The van der Waals surface area contributed by atoms with Gasteiger partial charge < -0.3 is 14.5 Å². The molecular weight excluding hydrogens is 403 g/mol. The Bertz CT molecular complexity index is 970. The van der Waals surface area contributed by atoms with Crippen molar-refractivity contribution in [3.05, 3.63) is 63.2 Å². The van der Waals surface area contributed by atoms with Gasteiger partial charge in [0.15, 0.2) is 0 Å². The molecule has 0 saturated carbocycles. The van der Waals surface area contributed by atoms with Crippen LogP contribution in [-0.4, -0.2) is 49.0 Å². The van der Waals surface area contributed by atoms with Gasteiger partial charge in [0.25, 0.3) is 11.6 Å². The van der Waals surface area contributed by atoms with E-state index in [1.165, 1.54) is 7.11 Å². The largest absolute Gasteiger partial charge is 0.496 e. The highest BCUT2D eigenvalue weighted by Crippen LogP contribution is 2.36. The Hall–Kier alpha value is -3.30. The van der Waals surface area contributed by atoms with Gasteiger partial charge in [-0.2, -0.15) is 13.2 Å². The topological polar surface area (TPSA) is 75.9 Å². The number of carbonyl (C=O) groups excluding carboxylic acids is 1. The lowest BCUT2D eigenvalue weighted by molar-refractivity contribution is -0.384. The molecule has 0 atom stereocenters. The van der Waals surface area contributed by atoms with Crippen molar-refractivity contribution in [2.24, 2.45) is 0 Å². The Morgan fingerprint density at radius 1 is 1.10 bits per heavy atom. The van der Waals surface area contributed by atoms with Crippen LogP contribution in [0.25, 0.3) is 0 Å². The standard InChI is InChI=1S/C20H20F3N3O4/c1-13-3-4-14(11-18(13)30-2)19(27)25-9-7-24(8-10-25)16-6-5-15(20(21,22)23)12-17(16)26(28)29/h3-6,11-12H,7-10H2,1-2H3. The number of halogens is 3. The second-order valence-electron chi connectivity index (χ2n) is 6.92. The van der Waals surface area contributed by atoms with E-state index in [2.05, 4.69) is 0 Å². The lowest BCUT2D eigenvalue weighted by Crippen LogP contribution is -2.49. The van der Waals surface area contributed by atoms with Crippen molar-refractivity contribution in [1.29, 1.82) is 0 Å². The van der Waals surface area contributed by atoms with E-state index in [-0.39, 0.29) is 37.8 Å². The number of hydrogen-bond donors (Lipinski definition) is 0. The van der Waals surface area contributed by atoms with Gasteiger partial charge in [0, 0.05) is 37.8 Å². The fourth-order valence-corrected chi connectivity index (χ4v) is 3.40. The molecule has 160 valence electrons. The fourth-order valence-electron chi connectivity index (χ4n) is 3.40. The highest BCUT2D eigenvalue weighted by molar-refractivity contribution is 5.95. The third-order valence-electron chi connectivity index (χ3n) is 5.06. The molecule has 1 aliphatic rings. The van der Waals surface area contributed by atoms with E-state index < -0.39 is 22.4 Å². The number of piperazine rings is 1. The summed E-state index contributed by atoms with van der Waals surface area (Å²) in [5.41, 5.74) is -0.204. The SMILES string of the molecule is COc1cc(C(=O)N2CCN(c3ccc(C(F)(F)F)cc3[N+](=O)[O-])CC2)ccc1C. The maximum atomic E-state index is 12.9. The van der Waals surface area contributed by atoms with Gasteiger partial charge in [-0.1, -0.05) is 6.07 Å². The number of nitro groups is 1. The van der Waals surface area contributed by atoms with Crippen LogP contribution in [0.1, 0.15) is 21.5 Å². The average Bonchev–Trinajstić information content (AvgIpc) is 2.72. The van der Waals surface area contributed by atoms with Crippen LogP contribution in [0.5, 0.6) is 5.75 Å². The molecule has 7 nitrogen and oxygen atoms in total. The molecular formula is C20H20F3N3O4. The normalized spacial score (nSPS) is 14.6. The number of nitrogens with zero attached hydrogens (tertiary/aromatic N) is 3. The van der Waals surface area contributed by atoms with Crippen molar-refractivity contribution in [3.8, 4) is 5.75 Å². The van der Waals surface area contributed by atoms with E-state index in [0.29, 0.717) is 17.4 Å². The number of aryl methyl sites for hydroxylation is 1. The summed E-state index contributed by atoms with van der Waals surface area (Å²) in [7, 11) is 1.52. The van der Waals surface area contributed by atoms with Crippen LogP contribution in [0, 0.1) is 17.0 Å². The Labute approximate surface area is 170 Å². The van der Waals surface area contributed by atoms with Gasteiger partial charge in [-0.3, -0.25) is 14.9 Å². The van der Waals surface area contributed by atoms with Crippen molar-refractivity contribution in [1.82, 2.24) is 4.90 Å². The number of alkyl halides is 3. The first kappa shape index (κ1) is 21.4. The van der Waals surface area contributed by atoms with E-state index >= 15 is 0 Å². The van der Waals surface area contributed by atoms with Crippen LogP contribution in [0.4, 0.5) is 24.5 Å². The Kier molecular flexibility index (Phi) is 5.86. The second-order valence-corrected chi connectivity index (χ2v) is 6.92. The minimum Gasteiger partial charge on any atom is -0.496 e. The highest BCUT2D eigenvalue weighted by Gasteiger charge is 2.34. The lowest BCUT2D eigenvalue weighted by Gasteiger charge is -2.36. The van der Waals surface area contributed by atoms with E-state index in [4.69, 9.17) is 4.74 Å². The highest BCUT2D eigenvalue weighted by atomic mass is 19.4. The van der Waals surface area contributed by atoms with Crippen LogP contribution < -0.4 is 9.64 Å². The summed E-state index contributed by atoms with van der Waals surface area (Å²) in [4.78, 5) is 26.5. The quantitative estimate of drug-likeness (QED) is 0.551. The predicted octanol–water partition coefficient (Wildman–Crippen LogP) is 3.89. The molecule has 0 N–H and O–H groups in total. The van der Waals surface area contributed by atoms with Crippen LogP contribution in [0.15, 0.2) is 36.4 Å². The van der Waals surface area contributed by atoms with Crippen LogP contribution >= 0.6 is 0 Å². The van der Waals surface area contributed by atoms with Gasteiger partial charge >= 0.3 is 6.18 Å².